The minimum Gasteiger partial charge on any atom is -0.457 e. The lowest BCUT2D eigenvalue weighted by atomic mass is 9.96. The Labute approximate surface area is 240 Å². The number of hydrogen-bond donors (Lipinski definition) is 1. The van der Waals surface area contributed by atoms with Crippen molar-refractivity contribution in [1.29, 1.82) is 0 Å². The number of nitro benzene ring substituents is 1. The molecule has 0 radical (unpaired) electrons. The number of nitrogens with one attached hydrogen (secondary N) is 1. The number of carbonyl (C=O) groups excluding carboxylic acids is 1. The van der Waals surface area contributed by atoms with Gasteiger partial charge in [0.15, 0.2) is 0 Å². The van der Waals surface area contributed by atoms with Crippen LogP contribution in [0.15, 0.2) is 104 Å². The van der Waals surface area contributed by atoms with Crippen LogP contribution in [0.4, 0.5) is 10.5 Å². The van der Waals surface area contributed by atoms with Crippen molar-refractivity contribution in [1.82, 2.24) is 10.3 Å². The van der Waals surface area contributed by atoms with Gasteiger partial charge in [-0.15, -0.1) is 0 Å². The fraction of sp³-hybridized carbons (Fsp3) is 0.103. The molecule has 3 aromatic carbocycles. The Morgan fingerprint density at radius 2 is 1.90 bits per heavy atom. The minimum absolute atomic E-state index is 0.0260. The van der Waals surface area contributed by atoms with Crippen LogP contribution < -0.4 is 10.1 Å². The molecule has 9 nitrogen and oxygen atoms in total. The standard InChI is InChI=1S/C29H19BrN4O5S/c30-19-9-11-26-22(14-19)24-16-23(17-5-2-1-3-6-17)32-33(24)29(39-26)27(40-28(35)31-29)15-21-10-12-25(38-21)18-7-4-8-20(13-18)34(36)37/h1-15,24H,16H2,(H,31,35)/b27-15-. The number of benzene rings is 3. The number of thioether (sulfide) groups is 1. The molecule has 1 N–H and O–H groups in total. The molecule has 198 valence electrons. The zero-order chi connectivity index (χ0) is 27.4. The first kappa shape index (κ1) is 24.7. The summed E-state index contributed by atoms with van der Waals surface area (Å²) in [7, 11) is 0. The summed E-state index contributed by atoms with van der Waals surface area (Å²) in [5.74, 6) is 0.213. The highest BCUT2D eigenvalue weighted by molar-refractivity contribution is 9.10. The van der Waals surface area contributed by atoms with Gasteiger partial charge in [-0.1, -0.05) is 58.4 Å². The molecule has 40 heavy (non-hydrogen) atoms. The Hall–Kier alpha value is -4.35. The molecule has 1 fully saturated rings. The number of hydrogen-bond acceptors (Lipinski definition) is 8. The number of nitrogens with zero attached hydrogens (tertiary/aromatic N) is 3. The molecule has 1 saturated heterocycles. The predicted molar refractivity (Wildman–Crippen MR) is 155 cm³/mol. The van der Waals surface area contributed by atoms with E-state index in [4.69, 9.17) is 14.3 Å². The first-order valence-electron chi connectivity index (χ1n) is 12.4. The van der Waals surface area contributed by atoms with E-state index in [0.717, 1.165) is 33.1 Å². The van der Waals surface area contributed by atoms with Gasteiger partial charge in [0.2, 0.25) is 0 Å². The third kappa shape index (κ3) is 4.09. The van der Waals surface area contributed by atoms with E-state index in [-0.39, 0.29) is 17.0 Å². The molecule has 1 spiro atoms. The summed E-state index contributed by atoms with van der Waals surface area (Å²) < 4.78 is 13.6. The first-order valence-corrected chi connectivity index (χ1v) is 14.0. The summed E-state index contributed by atoms with van der Waals surface area (Å²) in [4.78, 5) is 24.2. The number of non-ortho nitro benzene ring substituents is 1. The van der Waals surface area contributed by atoms with E-state index >= 15 is 0 Å². The van der Waals surface area contributed by atoms with Gasteiger partial charge in [-0.2, -0.15) is 5.10 Å². The first-order chi connectivity index (χ1) is 19.4. The average molecular weight is 615 g/mol. The number of fused-ring (bicyclic) bond motifs is 4. The van der Waals surface area contributed by atoms with Crippen LogP contribution in [0.5, 0.6) is 5.75 Å². The molecule has 7 rings (SSSR count). The monoisotopic (exact) mass is 614 g/mol. The number of hydrazone groups is 1. The molecule has 11 heteroatoms. The van der Waals surface area contributed by atoms with Crippen LogP contribution in [-0.4, -0.2) is 26.7 Å². The molecule has 0 aliphatic carbocycles. The maximum atomic E-state index is 12.9. The van der Waals surface area contributed by atoms with Gasteiger partial charge >= 0.3 is 5.85 Å². The number of halogens is 1. The molecular formula is C29H19BrN4O5S. The molecule has 3 aliphatic rings. The van der Waals surface area contributed by atoms with Gasteiger partial charge in [-0.05, 0) is 53.7 Å². The second-order valence-electron chi connectivity index (χ2n) is 9.44. The largest absolute Gasteiger partial charge is 0.457 e. The Bertz CT molecular complexity index is 1750. The molecule has 2 unspecified atom stereocenters. The van der Waals surface area contributed by atoms with Crippen molar-refractivity contribution in [2.75, 3.05) is 0 Å². The van der Waals surface area contributed by atoms with Crippen molar-refractivity contribution in [2.45, 2.75) is 18.3 Å². The Morgan fingerprint density at radius 3 is 2.73 bits per heavy atom. The van der Waals surface area contributed by atoms with Crippen molar-refractivity contribution in [3.05, 3.63) is 121 Å². The maximum Gasteiger partial charge on any atom is 0.314 e. The number of carbonyl (C=O) groups is 1. The van der Waals surface area contributed by atoms with Crippen LogP contribution in [0.1, 0.15) is 29.3 Å². The zero-order valence-corrected chi connectivity index (χ0v) is 23.0. The van der Waals surface area contributed by atoms with Crippen LogP contribution in [0, 0.1) is 10.1 Å². The lowest BCUT2D eigenvalue weighted by Crippen LogP contribution is -2.61. The zero-order valence-electron chi connectivity index (χ0n) is 20.6. The SMILES string of the molecule is O=C1NC2(Oc3ccc(Br)cc3C3CC(c4ccccc4)=NN32)/C(=C/c2ccc(-c3cccc([N+](=O)[O-])c3)o2)S1. The van der Waals surface area contributed by atoms with Gasteiger partial charge in [0.05, 0.1) is 21.6 Å². The van der Waals surface area contributed by atoms with Gasteiger partial charge in [-0.25, -0.2) is 5.01 Å². The normalized spacial score (nSPS) is 22.1. The number of ether oxygens (including phenoxy) is 1. The van der Waals surface area contributed by atoms with E-state index in [0.29, 0.717) is 34.2 Å². The second kappa shape index (κ2) is 9.39. The third-order valence-electron chi connectivity index (χ3n) is 6.98. The Morgan fingerprint density at radius 1 is 1.07 bits per heavy atom. The van der Waals surface area contributed by atoms with E-state index in [1.165, 1.54) is 12.1 Å². The number of furan rings is 1. The van der Waals surface area contributed by atoms with Gasteiger partial charge < -0.3 is 9.15 Å². The highest BCUT2D eigenvalue weighted by Crippen LogP contribution is 2.53. The predicted octanol–water partition coefficient (Wildman–Crippen LogP) is 7.31. The number of nitro groups is 1. The van der Waals surface area contributed by atoms with Crippen molar-refractivity contribution < 1.29 is 18.9 Å². The van der Waals surface area contributed by atoms with Crippen LogP contribution >= 0.6 is 27.7 Å². The van der Waals surface area contributed by atoms with E-state index in [1.807, 2.05) is 53.5 Å². The lowest BCUT2D eigenvalue weighted by Gasteiger charge is -2.45. The fourth-order valence-corrected chi connectivity index (χ4v) is 6.45. The van der Waals surface area contributed by atoms with Gasteiger partial charge in [0.1, 0.15) is 17.3 Å². The van der Waals surface area contributed by atoms with Crippen LogP contribution in [0.25, 0.3) is 17.4 Å². The van der Waals surface area contributed by atoms with Crippen molar-refractivity contribution >= 4 is 50.4 Å². The molecular weight excluding hydrogens is 596 g/mol. The van der Waals surface area contributed by atoms with Crippen molar-refractivity contribution in [3.63, 3.8) is 0 Å². The summed E-state index contributed by atoms with van der Waals surface area (Å²) in [5.41, 5.74) is 3.40. The Kier molecular flexibility index (Phi) is 5.79. The second-order valence-corrected chi connectivity index (χ2v) is 11.4. The highest BCUT2D eigenvalue weighted by atomic mass is 79.9. The van der Waals surface area contributed by atoms with Crippen LogP contribution in [0.3, 0.4) is 0 Å². The topological polar surface area (TPSA) is 110 Å². The average Bonchev–Trinajstić information content (AvgIpc) is 3.69. The summed E-state index contributed by atoms with van der Waals surface area (Å²) in [6.07, 6.45) is 2.38. The summed E-state index contributed by atoms with van der Waals surface area (Å²) >= 11 is 4.59. The molecule has 0 bridgehead atoms. The highest BCUT2D eigenvalue weighted by Gasteiger charge is 2.58. The fourth-order valence-electron chi connectivity index (χ4n) is 5.18. The summed E-state index contributed by atoms with van der Waals surface area (Å²) in [6, 6.07) is 25.3. The molecule has 2 atom stereocenters. The van der Waals surface area contributed by atoms with Gasteiger partial charge in [0, 0.05) is 34.2 Å². The van der Waals surface area contributed by atoms with E-state index in [1.54, 1.807) is 30.3 Å². The number of amides is 1. The van der Waals surface area contributed by atoms with E-state index in [9.17, 15) is 14.9 Å². The molecule has 1 aromatic heterocycles. The molecule has 0 saturated carbocycles. The van der Waals surface area contributed by atoms with Gasteiger partial charge in [-0.3, -0.25) is 20.2 Å². The van der Waals surface area contributed by atoms with Crippen molar-refractivity contribution in [3.8, 4) is 17.1 Å². The maximum absolute atomic E-state index is 12.9. The van der Waals surface area contributed by atoms with Gasteiger partial charge in [0.25, 0.3) is 10.9 Å². The van der Waals surface area contributed by atoms with Crippen LogP contribution in [-0.2, 0) is 0 Å². The van der Waals surface area contributed by atoms with E-state index < -0.39 is 10.8 Å². The Balaban J connectivity index is 1.32. The molecule has 4 heterocycles. The molecule has 1 amide bonds. The summed E-state index contributed by atoms with van der Waals surface area (Å²) in [5, 5.41) is 20.8. The van der Waals surface area contributed by atoms with Crippen molar-refractivity contribution in [2.24, 2.45) is 5.10 Å². The summed E-state index contributed by atoms with van der Waals surface area (Å²) in [6.45, 7) is 0. The third-order valence-corrected chi connectivity index (χ3v) is 8.37. The smallest absolute Gasteiger partial charge is 0.314 e. The quantitative estimate of drug-likeness (QED) is 0.189. The number of rotatable bonds is 4. The van der Waals surface area contributed by atoms with E-state index in [2.05, 4.69) is 21.2 Å². The lowest BCUT2D eigenvalue weighted by molar-refractivity contribution is -0.384. The minimum atomic E-state index is -1.37. The molecule has 3 aliphatic heterocycles. The van der Waals surface area contributed by atoms with Crippen LogP contribution in [0.2, 0.25) is 0 Å². The molecule has 4 aromatic rings.